The Bertz CT molecular complexity index is 1080. The third-order valence-electron chi connectivity index (χ3n) is 5.33. The maximum absolute atomic E-state index is 12.7. The molecular weight excluding hydrogens is 406 g/mol. The van der Waals surface area contributed by atoms with E-state index in [4.69, 9.17) is 0 Å². The van der Waals surface area contributed by atoms with Crippen LogP contribution in [0.3, 0.4) is 0 Å². The SMILES string of the molecule is CC1=C(c2ccc(C)cc2)S(=O)(=O)N=C1N1CCC(NC(=O)c2cccs2)CC1. The van der Waals surface area contributed by atoms with E-state index in [-0.39, 0.29) is 11.9 Å². The molecule has 29 heavy (non-hydrogen) atoms. The van der Waals surface area contributed by atoms with Crippen molar-refractivity contribution in [2.24, 2.45) is 4.40 Å². The van der Waals surface area contributed by atoms with Crippen LogP contribution in [0.5, 0.6) is 0 Å². The average molecular weight is 430 g/mol. The molecule has 6 nitrogen and oxygen atoms in total. The summed E-state index contributed by atoms with van der Waals surface area (Å²) in [7, 11) is -3.71. The highest BCUT2D eigenvalue weighted by atomic mass is 32.2. The quantitative estimate of drug-likeness (QED) is 0.811. The Morgan fingerprint density at radius 1 is 1.14 bits per heavy atom. The van der Waals surface area contributed by atoms with Gasteiger partial charge in [0, 0.05) is 24.7 Å². The number of amides is 1. The highest BCUT2D eigenvalue weighted by Crippen LogP contribution is 2.34. The summed E-state index contributed by atoms with van der Waals surface area (Å²) in [5.74, 6) is 0.487. The van der Waals surface area contributed by atoms with E-state index in [2.05, 4.69) is 9.71 Å². The predicted octanol–water partition coefficient (Wildman–Crippen LogP) is 3.42. The predicted molar refractivity (Wildman–Crippen MR) is 117 cm³/mol. The molecule has 1 amide bonds. The Morgan fingerprint density at radius 3 is 2.45 bits per heavy atom. The maximum Gasteiger partial charge on any atom is 0.285 e. The molecule has 4 rings (SSSR count). The number of aryl methyl sites for hydroxylation is 1. The highest BCUT2D eigenvalue weighted by Gasteiger charge is 2.35. The van der Waals surface area contributed by atoms with Crippen LogP contribution < -0.4 is 5.32 Å². The zero-order valence-electron chi connectivity index (χ0n) is 16.4. The molecule has 2 aliphatic rings. The van der Waals surface area contributed by atoms with Gasteiger partial charge in [0.1, 0.15) is 10.7 Å². The van der Waals surface area contributed by atoms with E-state index in [0.29, 0.717) is 39.8 Å². The lowest BCUT2D eigenvalue weighted by atomic mass is 10.0. The number of sulfonamides is 1. The molecular formula is C21H23N3O3S2. The summed E-state index contributed by atoms with van der Waals surface area (Å²) in [6.07, 6.45) is 1.51. The van der Waals surface area contributed by atoms with Crippen LogP contribution in [0, 0.1) is 6.92 Å². The van der Waals surface area contributed by atoms with Crippen LogP contribution in [0.2, 0.25) is 0 Å². The van der Waals surface area contributed by atoms with Gasteiger partial charge in [0.05, 0.1) is 4.88 Å². The van der Waals surface area contributed by atoms with Crippen molar-refractivity contribution in [2.45, 2.75) is 32.7 Å². The zero-order chi connectivity index (χ0) is 20.6. The van der Waals surface area contributed by atoms with Gasteiger partial charge in [-0.25, -0.2) is 0 Å². The van der Waals surface area contributed by atoms with Crippen molar-refractivity contribution in [3.63, 3.8) is 0 Å². The second-order valence-electron chi connectivity index (χ2n) is 7.42. The molecule has 0 spiro atoms. The molecule has 1 N–H and O–H groups in total. The molecule has 2 aliphatic heterocycles. The normalized spacial score (nSPS) is 19.4. The number of benzene rings is 1. The van der Waals surface area contributed by atoms with Crippen molar-refractivity contribution in [1.29, 1.82) is 0 Å². The molecule has 1 saturated heterocycles. The minimum atomic E-state index is -3.71. The van der Waals surface area contributed by atoms with E-state index in [1.807, 2.05) is 60.5 Å². The van der Waals surface area contributed by atoms with Crippen LogP contribution in [0.15, 0.2) is 51.7 Å². The van der Waals surface area contributed by atoms with Gasteiger partial charge in [-0.3, -0.25) is 4.79 Å². The van der Waals surface area contributed by atoms with Crippen LogP contribution >= 0.6 is 11.3 Å². The second-order valence-corrected chi connectivity index (χ2v) is 9.91. The lowest BCUT2D eigenvalue weighted by Crippen LogP contribution is -2.46. The van der Waals surface area contributed by atoms with E-state index >= 15 is 0 Å². The second kappa shape index (κ2) is 7.76. The number of rotatable bonds is 3. The number of thiophene rings is 1. The molecule has 152 valence electrons. The van der Waals surface area contributed by atoms with Crippen molar-refractivity contribution in [1.82, 2.24) is 10.2 Å². The minimum absolute atomic E-state index is 0.0445. The van der Waals surface area contributed by atoms with Crippen LogP contribution in [-0.2, 0) is 10.0 Å². The third kappa shape index (κ3) is 4.00. The van der Waals surface area contributed by atoms with Gasteiger partial charge in [0.25, 0.3) is 15.9 Å². The molecule has 2 aromatic rings. The van der Waals surface area contributed by atoms with Crippen LogP contribution in [0.25, 0.3) is 4.91 Å². The van der Waals surface area contributed by atoms with Gasteiger partial charge < -0.3 is 10.2 Å². The van der Waals surface area contributed by atoms with Gasteiger partial charge in [-0.2, -0.15) is 8.42 Å². The lowest BCUT2D eigenvalue weighted by Gasteiger charge is -2.33. The Labute approximate surface area is 175 Å². The van der Waals surface area contributed by atoms with E-state index in [9.17, 15) is 13.2 Å². The third-order valence-corrected chi connectivity index (χ3v) is 7.67. The Hall–Kier alpha value is -2.45. The van der Waals surface area contributed by atoms with Crippen molar-refractivity contribution in [2.75, 3.05) is 13.1 Å². The first kappa shape index (κ1) is 19.8. The number of amidine groups is 1. The Balaban J connectivity index is 1.47. The summed E-state index contributed by atoms with van der Waals surface area (Å²) in [6, 6.07) is 11.2. The fraction of sp³-hybridized carbons (Fsp3) is 0.333. The first-order valence-electron chi connectivity index (χ1n) is 9.58. The zero-order valence-corrected chi connectivity index (χ0v) is 18.0. The number of hydrogen-bond acceptors (Lipinski definition) is 5. The topological polar surface area (TPSA) is 78.8 Å². The molecule has 1 aromatic carbocycles. The molecule has 0 bridgehead atoms. The van der Waals surface area contributed by atoms with Gasteiger partial charge in [0.15, 0.2) is 0 Å². The molecule has 0 aliphatic carbocycles. The van der Waals surface area contributed by atoms with E-state index in [1.165, 1.54) is 11.3 Å². The fourth-order valence-corrected chi connectivity index (χ4v) is 5.90. The largest absolute Gasteiger partial charge is 0.356 e. The van der Waals surface area contributed by atoms with Gasteiger partial charge in [-0.1, -0.05) is 35.9 Å². The van der Waals surface area contributed by atoms with Crippen LogP contribution in [-0.4, -0.2) is 44.2 Å². The average Bonchev–Trinajstić information content (AvgIpc) is 3.30. The smallest absolute Gasteiger partial charge is 0.285 e. The maximum atomic E-state index is 12.7. The number of nitrogens with zero attached hydrogens (tertiary/aromatic N) is 2. The molecule has 0 saturated carbocycles. The molecule has 1 aromatic heterocycles. The number of nitrogens with one attached hydrogen (secondary N) is 1. The molecule has 0 atom stereocenters. The summed E-state index contributed by atoms with van der Waals surface area (Å²) in [5.41, 5.74) is 2.44. The number of hydrogen-bond donors (Lipinski definition) is 1. The van der Waals surface area contributed by atoms with E-state index < -0.39 is 10.0 Å². The first-order chi connectivity index (χ1) is 13.8. The van der Waals surface area contributed by atoms with Crippen molar-refractivity contribution in [3.8, 4) is 0 Å². The number of carbonyl (C=O) groups excluding carboxylic acids is 1. The molecule has 8 heteroatoms. The van der Waals surface area contributed by atoms with Gasteiger partial charge in [-0.05, 0) is 43.7 Å². The minimum Gasteiger partial charge on any atom is -0.356 e. The summed E-state index contributed by atoms with van der Waals surface area (Å²) in [5, 5.41) is 4.96. The summed E-state index contributed by atoms with van der Waals surface area (Å²) in [6.45, 7) is 5.10. The number of likely N-dealkylation sites (tertiary alicyclic amines) is 1. The summed E-state index contributed by atoms with van der Waals surface area (Å²) in [4.78, 5) is 15.3. The fourth-order valence-electron chi connectivity index (χ4n) is 3.79. The highest BCUT2D eigenvalue weighted by molar-refractivity contribution is 8.00. The molecule has 3 heterocycles. The molecule has 0 unspecified atom stereocenters. The first-order valence-corrected chi connectivity index (χ1v) is 11.9. The lowest BCUT2D eigenvalue weighted by molar-refractivity contribution is 0.0926. The molecule has 0 radical (unpaired) electrons. The van der Waals surface area contributed by atoms with Gasteiger partial charge >= 0.3 is 0 Å². The summed E-state index contributed by atoms with van der Waals surface area (Å²) < 4.78 is 29.5. The number of carbonyl (C=O) groups is 1. The van der Waals surface area contributed by atoms with E-state index in [0.717, 1.165) is 18.4 Å². The van der Waals surface area contributed by atoms with Crippen LogP contribution in [0.1, 0.15) is 40.6 Å². The van der Waals surface area contributed by atoms with E-state index in [1.54, 1.807) is 0 Å². The Kier molecular flexibility index (Phi) is 5.31. The van der Waals surface area contributed by atoms with Crippen molar-refractivity contribution >= 4 is 38.0 Å². The van der Waals surface area contributed by atoms with Crippen molar-refractivity contribution in [3.05, 3.63) is 63.4 Å². The standard InChI is InChI=1S/C21H23N3O3S2/c1-14-5-7-16(8-6-14)19-15(2)20(23-29(19,26)27)24-11-9-17(10-12-24)22-21(25)18-4-3-13-28-18/h3-8,13,17H,9-12H2,1-2H3,(H,22,25). The monoisotopic (exact) mass is 429 g/mol. The van der Waals surface area contributed by atoms with Crippen LogP contribution in [0.4, 0.5) is 0 Å². The summed E-state index contributed by atoms with van der Waals surface area (Å²) >= 11 is 1.43. The number of piperidine rings is 1. The Morgan fingerprint density at radius 2 is 1.83 bits per heavy atom. The van der Waals surface area contributed by atoms with Gasteiger partial charge in [-0.15, -0.1) is 15.7 Å². The van der Waals surface area contributed by atoms with Gasteiger partial charge in [0.2, 0.25) is 0 Å². The molecule has 1 fully saturated rings. The van der Waals surface area contributed by atoms with Crippen molar-refractivity contribution < 1.29 is 13.2 Å².